The molecule has 108 heavy (non-hydrogen) atoms. The van der Waals surface area contributed by atoms with Crippen LogP contribution in [0.2, 0.25) is 0 Å². The summed E-state index contributed by atoms with van der Waals surface area (Å²) in [5, 5.41) is 102. The lowest BCUT2D eigenvalue weighted by Gasteiger charge is -2.52. The van der Waals surface area contributed by atoms with E-state index in [1.165, 1.54) is 44.5 Å². The third-order valence-electron chi connectivity index (χ3n) is 22.8. The molecular weight excluding hydrogens is 1350 g/mol. The number of aliphatic hydroxyl groups is 4. The van der Waals surface area contributed by atoms with Gasteiger partial charge in [-0.3, -0.25) is 0 Å². The molecule has 4 aliphatic carbocycles. The Bertz CT molecular complexity index is 3930. The number of aryl methyl sites for hydroxylation is 4. The topological polar surface area (TPSA) is 375 Å². The average Bonchev–Trinajstić information content (AvgIpc) is 0.780. The van der Waals surface area contributed by atoms with Gasteiger partial charge in [0.05, 0.1) is 24.8 Å². The minimum Gasteiger partial charge on any atom is -0.396 e. The molecule has 0 saturated heterocycles. The highest BCUT2D eigenvalue weighted by atomic mass is 16.3. The van der Waals surface area contributed by atoms with Gasteiger partial charge in [0.1, 0.15) is 69.8 Å². The smallest absolute Gasteiger partial charge is 0.224 e. The summed E-state index contributed by atoms with van der Waals surface area (Å²) in [5.74, 6) is 5.37. The fourth-order valence-electron chi connectivity index (χ4n) is 14.3. The molecule has 568 valence electrons. The molecule has 12 rings (SSSR count). The number of nitrogens with zero attached hydrogens (tertiary/aromatic N) is 12. The van der Waals surface area contributed by atoms with Crippen molar-refractivity contribution >= 4 is 47.1 Å². The van der Waals surface area contributed by atoms with E-state index in [0.717, 1.165) is 77.5 Å². The Labute approximate surface area is 637 Å². The van der Waals surface area contributed by atoms with Gasteiger partial charge in [0.15, 0.2) is 0 Å². The average molecular weight is 1460 g/mol. The molecule has 4 aromatic heterocycles. The van der Waals surface area contributed by atoms with E-state index in [-0.39, 0.29) is 95.9 Å². The van der Waals surface area contributed by atoms with Crippen molar-refractivity contribution in [1.82, 2.24) is 39.9 Å². The molecule has 8 aromatic rings. The molecule has 4 saturated carbocycles. The quantitative estimate of drug-likeness (QED) is 0.0217. The van der Waals surface area contributed by atoms with Gasteiger partial charge in [0.2, 0.25) is 23.8 Å². The zero-order valence-electron chi connectivity index (χ0n) is 64.6. The highest BCUT2D eigenvalue weighted by molar-refractivity contribution is 5.58. The number of aromatic nitrogens is 8. The number of aliphatic hydroxyl groups excluding tert-OH is 4. The van der Waals surface area contributed by atoms with Crippen molar-refractivity contribution in [3.8, 4) is 24.3 Å². The van der Waals surface area contributed by atoms with Gasteiger partial charge in [0, 0.05) is 76.8 Å². The van der Waals surface area contributed by atoms with Gasteiger partial charge >= 0.3 is 0 Å². The van der Waals surface area contributed by atoms with Crippen LogP contribution in [0, 0.1) is 118 Å². The number of nitrogens with one attached hydrogen (secondary N) is 8. The molecule has 0 spiro atoms. The van der Waals surface area contributed by atoms with Crippen molar-refractivity contribution in [2.45, 2.75) is 159 Å². The Morgan fingerprint density at radius 3 is 0.713 bits per heavy atom. The number of hydrogen-bond acceptors (Lipinski definition) is 24. The van der Waals surface area contributed by atoms with Gasteiger partial charge in [-0.25, -0.2) is 19.9 Å². The van der Waals surface area contributed by atoms with E-state index in [9.17, 15) is 41.5 Å². The second kappa shape index (κ2) is 37.3. The molecule has 12 N–H and O–H groups in total. The maximum absolute atomic E-state index is 9.44. The summed E-state index contributed by atoms with van der Waals surface area (Å²) in [6.07, 6.45) is 13.2. The third kappa shape index (κ3) is 21.0. The lowest BCUT2D eigenvalue weighted by molar-refractivity contribution is 0.00437. The summed E-state index contributed by atoms with van der Waals surface area (Å²) < 4.78 is 0. The molecule has 24 heteroatoms. The summed E-state index contributed by atoms with van der Waals surface area (Å²) >= 11 is 0. The molecule has 0 bridgehead atoms. The number of rotatable bonds is 28. The van der Waals surface area contributed by atoms with E-state index in [1.807, 2.05) is 0 Å². The maximum atomic E-state index is 9.44. The molecule has 4 aliphatic rings. The molecule has 24 nitrogen and oxygen atoms in total. The predicted octanol–water partition coefficient (Wildman–Crippen LogP) is 12.5. The van der Waals surface area contributed by atoms with Crippen LogP contribution in [0.1, 0.15) is 148 Å². The van der Waals surface area contributed by atoms with Gasteiger partial charge < -0.3 is 63.0 Å². The summed E-state index contributed by atoms with van der Waals surface area (Å²) in [4.78, 5) is 35.1. The number of hydrogen-bond donors (Lipinski definition) is 12. The van der Waals surface area contributed by atoms with Crippen molar-refractivity contribution in [1.29, 1.82) is 21.0 Å². The lowest BCUT2D eigenvalue weighted by Crippen LogP contribution is -2.54. The van der Waals surface area contributed by atoms with Gasteiger partial charge in [-0.15, -0.1) is 0 Å². The van der Waals surface area contributed by atoms with Crippen LogP contribution < -0.4 is 42.5 Å². The summed E-state index contributed by atoms with van der Waals surface area (Å²) in [7, 11) is 0. The second-order valence-corrected chi connectivity index (χ2v) is 31.5. The van der Waals surface area contributed by atoms with Crippen molar-refractivity contribution < 1.29 is 20.4 Å². The molecule has 0 aliphatic heterocycles. The van der Waals surface area contributed by atoms with Crippen LogP contribution in [0.15, 0.2) is 122 Å². The van der Waals surface area contributed by atoms with Crippen molar-refractivity contribution in [2.75, 3.05) is 95.1 Å². The lowest BCUT2D eigenvalue weighted by atomic mass is 9.59. The minimum atomic E-state index is -0.0365. The first-order chi connectivity index (χ1) is 51.7. The zero-order valence-corrected chi connectivity index (χ0v) is 64.6. The van der Waals surface area contributed by atoms with Gasteiger partial charge in [0.25, 0.3) is 0 Å². The number of nitriles is 4. The number of anilines is 8. The van der Waals surface area contributed by atoms with Crippen molar-refractivity contribution in [2.24, 2.45) is 45.3 Å². The standard InChI is InChI=1S/4C21H27N5O/c4*1-14-5-4-6-15(9-14)7-8-23-20-24-12-16(11-22)19(26-20)25-18-10-17(13-27)21(18,2)3/h4*4-6,9,12,17-18,27H,7-8,10,13H2,1-3H3,(H2,23,24,25,26)/t2*17-,18+;2*17-,18-/m1010/s1. The van der Waals surface area contributed by atoms with Crippen LogP contribution in [-0.4, -0.2) is 137 Å². The van der Waals surface area contributed by atoms with E-state index in [1.54, 1.807) is 24.8 Å². The van der Waals surface area contributed by atoms with Crippen LogP contribution >= 0.6 is 0 Å². The van der Waals surface area contributed by atoms with Gasteiger partial charge in [-0.1, -0.05) is 175 Å². The normalized spacial score (nSPS) is 20.4. The van der Waals surface area contributed by atoms with Gasteiger partial charge in [-0.2, -0.15) is 41.0 Å². The highest BCUT2D eigenvalue weighted by Crippen LogP contribution is 2.50. The van der Waals surface area contributed by atoms with Crippen molar-refractivity contribution in [3.63, 3.8) is 0 Å². The number of benzene rings is 4. The Morgan fingerprint density at radius 2 is 0.546 bits per heavy atom. The molecule has 4 heterocycles. The molecule has 0 amide bonds. The second-order valence-electron chi connectivity index (χ2n) is 31.5. The predicted molar refractivity (Wildman–Crippen MR) is 426 cm³/mol. The first-order valence-electron chi connectivity index (χ1n) is 37.5. The van der Waals surface area contributed by atoms with Crippen LogP contribution in [0.4, 0.5) is 47.1 Å². The third-order valence-corrected chi connectivity index (χ3v) is 22.8. The summed E-state index contributed by atoms with van der Waals surface area (Å²) in [5.41, 5.74) is 11.6. The molecule has 0 unspecified atom stereocenters. The molecule has 0 radical (unpaired) electrons. The largest absolute Gasteiger partial charge is 0.396 e. The fraction of sp³-hybridized carbons (Fsp3) is 0.476. The fourth-order valence-corrected chi connectivity index (χ4v) is 14.3. The molecule has 8 atom stereocenters. The Morgan fingerprint density at radius 1 is 0.343 bits per heavy atom. The molecule has 4 fully saturated rings. The maximum Gasteiger partial charge on any atom is 0.224 e. The van der Waals surface area contributed by atoms with Crippen LogP contribution in [0.5, 0.6) is 0 Å². The van der Waals surface area contributed by atoms with E-state index in [2.05, 4.69) is 287 Å². The Kier molecular flexibility index (Phi) is 28.1. The van der Waals surface area contributed by atoms with Crippen LogP contribution in [0.3, 0.4) is 0 Å². The first kappa shape index (κ1) is 81.5. The first-order valence-corrected chi connectivity index (χ1v) is 37.5. The van der Waals surface area contributed by atoms with Crippen LogP contribution in [-0.2, 0) is 25.7 Å². The van der Waals surface area contributed by atoms with Crippen molar-refractivity contribution in [3.05, 3.63) is 189 Å². The van der Waals surface area contributed by atoms with Crippen LogP contribution in [0.25, 0.3) is 0 Å². The minimum absolute atomic E-state index is 0.0365. The Hall–Kier alpha value is -10.6. The van der Waals surface area contributed by atoms with E-state index in [4.69, 9.17) is 0 Å². The van der Waals surface area contributed by atoms with E-state index in [0.29, 0.717) is 69.3 Å². The Balaban J connectivity index is 0.000000166. The summed E-state index contributed by atoms with van der Waals surface area (Å²) in [6.45, 7) is 29.0. The van der Waals surface area contributed by atoms with E-state index >= 15 is 0 Å². The zero-order chi connectivity index (χ0) is 77.8. The SMILES string of the molecule is Cc1cccc(CCNc2ncc(C#N)c(N[C@@H]3C[C@@H](CO)C3(C)C)n2)c1.Cc1cccc(CCNc2ncc(C#N)c(N[C@@H]3C[C@H](CO)C3(C)C)n2)c1.Cc1cccc(CCNc2ncc(C#N)c(N[C@H]3C[C@@H](CO)C3(C)C)n2)c1.Cc1cccc(CCNc2ncc(C#N)c(N[C@H]3C[C@H](CO)C3(C)C)n2)c1. The van der Waals surface area contributed by atoms with Gasteiger partial charge in [-0.05, 0) is 147 Å². The molecule has 4 aromatic carbocycles. The monoisotopic (exact) mass is 1460 g/mol. The van der Waals surface area contributed by atoms with E-state index < -0.39 is 0 Å². The highest BCUT2D eigenvalue weighted by Gasteiger charge is 2.51. The summed E-state index contributed by atoms with van der Waals surface area (Å²) in [6, 6.07) is 43.0. The molecular formula is C84H108N20O4.